The summed E-state index contributed by atoms with van der Waals surface area (Å²) in [6.45, 7) is -0.0605. The van der Waals surface area contributed by atoms with Crippen molar-refractivity contribution in [3.8, 4) is 0 Å². The topological polar surface area (TPSA) is 100 Å². The third-order valence-corrected chi connectivity index (χ3v) is 5.38. The molecule has 1 aromatic heterocycles. The normalized spacial score (nSPS) is 15.4. The lowest BCUT2D eigenvalue weighted by Crippen LogP contribution is -2.34. The zero-order valence-corrected chi connectivity index (χ0v) is 16.7. The minimum atomic E-state index is -0.585. The maximum absolute atomic E-state index is 13.1. The number of halogens is 2. The Kier molecular flexibility index (Phi) is 5.69. The Morgan fingerprint density at radius 1 is 1.20 bits per heavy atom. The van der Waals surface area contributed by atoms with E-state index in [1.807, 2.05) is 12.1 Å². The maximum Gasteiger partial charge on any atom is 0.319 e. The van der Waals surface area contributed by atoms with Gasteiger partial charge in [-0.25, -0.2) is 9.18 Å². The smallest absolute Gasteiger partial charge is 0.319 e. The summed E-state index contributed by atoms with van der Waals surface area (Å²) in [5.41, 5.74) is 0.901. The predicted octanol–water partition coefficient (Wildman–Crippen LogP) is 3.99. The van der Waals surface area contributed by atoms with Gasteiger partial charge in [-0.1, -0.05) is 28.9 Å². The molecule has 0 saturated heterocycles. The first-order valence-corrected chi connectivity index (χ1v) is 9.88. The van der Waals surface area contributed by atoms with Crippen molar-refractivity contribution in [2.75, 3.05) is 11.9 Å². The molecule has 0 bridgehead atoms. The highest BCUT2D eigenvalue weighted by atomic mass is 35.5. The standard InChI is InChI=1S/C21H20ClFN4O3/c22-14-3-1-13(2-4-14)11-17(18-26-19(30-27-18)21(12-28)9-10-21)25-20(29)24-16-7-5-15(23)6-8-16/h1-8,17,28H,9-12H2,(H2,24,25,29). The molecule has 1 aliphatic rings. The van der Waals surface area contributed by atoms with Crippen LogP contribution in [0, 0.1) is 5.82 Å². The first-order chi connectivity index (χ1) is 14.5. The minimum absolute atomic E-state index is 0.0605. The van der Waals surface area contributed by atoms with Crippen LogP contribution in [-0.2, 0) is 11.8 Å². The molecule has 2 amide bonds. The van der Waals surface area contributed by atoms with Gasteiger partial charge in [-0.3, -0.25) is 0 Å². The molecular weight excluding hydrogens is 411 g/mol. The Labute approximate surface area is 177 Å². The van der Waals surface area contributed by atoms with E-state index in [1.54, 1.807) is 12.1 Å². The highest BCUT2D eigenvalue weighted by Crippen LogP contribution is 2.47. The number of carbonyl (C=O) groups is 1. The van der Waals surface area contributed by atoms with Gasteiger partial charge in [0, 0.05) is 17.1 Å². The van der Waals surface area contributed by atoms with E-state index in [-0.39, 0.29) is 6.61 Å². The van der Waals surface area contributed by atoms with Gasteiger partial charge in [0.2, 0.25) is 5.89 Å². The molecule has 7 nitrogen and oxygen atoms in total. The number of aliphatic hydroxyl groups excluding tert-OH is 1. The molecule has 0 radical (unpaired) electrons. The number of hydrogen-bond acceptors (Lipinski definition) is 5. The van der Waals surface area contributed by atoms with E-state index in [2.05, 4.69) is 20.8 Å². The Morgan fingerprint density at radius 3 is 2.53 bits per heavy atom. The summed E-state index contributed by atoms with van der Waals surface area (Å²) >= 11 is 5.96. The summed E-state index contributed by atoms with van der Waals surface area (Å²) in [6, 6.07) is 11.6. The third kappa shape index (κ3) is 4.60. The third-order valence-electron chi connectivity index (χ3n) is 5.12. The number of nitrogens with one attached hydrogen (secondary N) is 2. The van der Waals surface area contributed by atoms with Gasteiger partial charge in [-0.2, -0.15) is 4.98 Å². The van der Waals surface area contributed by atoms with E-state index >= 15 is 0 Å². The van der Waals surface area contributed by atoms with Gasteiger partial charge >= 0.3 is 6.03 Å². The first kappa shape index (κ1) is 20.3. The molecule has 9 heteroatoms. The highest BCUT2D eigenvalue weighted by Gasteiger charge is 2.49. The van der Waals surface area contributed by atoms with Crippen molar-refractivity contribution in [3.05, 3.63) is 76.6 Å². The largest absolute Gasteiger partial charge is 0.395 e. The van der Waals surface area contributed by atoms with Crippen molar-refractivity contribution in [1.29, 1.82) is 0 Å². The fourth-order valence-corrected chi connectivity index (χ4v) is 3.23. The van der Waals surface area contributed by atoms with Crippen LogP contribution in [-0.4, -0.2) is 27.9 Å². The van der Waals surface area contributed by atoms with Crippen LogP contribution < -0.4 is 10.6 Å². The number of carbonyl (C=O) groups excluding carboxylic acids is 1. The van der Waals surface area contributed by atoms with Crippen LogP contribution in [0.15, 0.2) is 53.1 Å². The maximum atomic E-state index is 13.1. The molecule has 1 heterocycles. The van der Waals surface area contributed by atoms with Crippen LogP contribution in [0.25, 0.3) is 0 Å². The molecular formula is C21H20ClFN4O3. The minimum Gasteiger partial charge on any atom is -0.395 e. The van der Waals surface area contributed by atoms with Crippen molar-refractivity contribution >= 4 is 23.3 Å². The number of benzene rings is 2. The van der Waals surface area contributed by atoms with Crippen LogP contribution in [0.4, 0.5) is 14.9 Å². The number of anilines is 1. The highest BCUT2D eigenvalue weighted by molar-refractivity contribution is 6.30. The number of amides is 2. The quantitative estimate of drug-likeness (QED) is 0.526. The molecule has 3 N–H and O–H groups in total. The van der Waals surface area contributed by atoms with Gasteiger partial charge in [0.25, 0.3) is 0 Å². The van der Waals surface area contributed by atoms with Gasteiger partial charge in [0.1, 0.15) is 5.82 Å². The molecule has 1 aliphatic carbocycles. The van der Waals surface area contributed by atoms with Crippen LogP contribution >= 0.6 is 11.6 Å². The lowest BCUT2D eigenvalue weighted by Gasteiger charge is -2.16. The van der Waals surface area contributed by atoms with Crippen molar-refractivity contribution in [2.45, 2.75) is 30.7 Å². The number of hydrogen-bond donors (Lipinski definition) is 3. The summed E-state index contributed by atoms with van der Waals surface area (Å²) < 4.78 is 18.5. The molecule has 4 rings (SSSR count). The zero-order chi connectivity index (χ0) is 21.1. The molecule has 0 spiro atoms. The van der Waals surface area contributed by atoms with Crippen molar-refractivity contribution in [2.24, 2.45) is 0 Å². The van der Waals surface area contributed by atoms with E-state index in [1.165, 1.54) is 24.3 Å². The second-order valence-electron chi connectivity index (χ2n) is 7.38. The second kappa shape index (κ2) is 8.41. The molecule has 1 fully saturated rings. The summed E-state index contributed by atoms with van der Waals surface area (Å²) in [5.74, 6) is 0.301. The molecule has 156 valence electrons. The molecule has 1 unspecified atom stereocenters. The van der Waals surface area contributed by atoms with Crippen LogP contribution in [0.2, 0.25) is 5.02 Å². The molecule has 0 aliphatic heterocycles. The van der Waals surface area contributed by atoms with Crippen molar-refractivity contribution in [1.82, 2.24) is 15.5 Å². The summed E-state index contributed by atoms with van der Waals surface area (Å²) in [5, 5.41) is 19.8. The van der Waals surface area contributed by atoms with E-state index in [0.29, 0.717) is 28.8 Å². The second-order valence-corrected chi connectivity index (χ2v) is 7.82. The molecule has 1 saturated carbocycles. The summed E-state index contributed by atoms with van der Waals surface area (Å²) in [4.78, 5) is 17.0. The number of rotatable bonds is 7. The fourth-order valence-electron chi connectivity index (χ4n) is 3.10. The summed E-state index contributed by atoms with van der Waals surface area (Å²) in [7, 11) is 0. The Balaban J connectivity index is 1.53. The fraction of sp³-hybridized carbons (Fsp3) is 0.286. The lowest BCUT2D eigenvalue weighted by molar-refractivity contribution is 0.221. The Morgan fingerprint density at radius 2 is 1.90 bits per heavy atom. The van der Waals surface area contributed by atoms with Crippen LogP contribution in [0.1, 0.15) is 36.2 Å². The average Bonchev–Trinajstić information content (AvgIpc) is 3.38. The van der Waals surface area contributed by atoms with Crippen LogP contribution in [0.5, 0.6) is 0 Å². The number of nitrogens with zero attached hydrogens (tertiary/aromatic N) is 2. The van der Waals surface area contributed by atoms with E-state index in [0.717, 1.165) is 18.4 Å². The Bertz CT molecular complexity index is 1020. The average molecular weight is 431 g/mol. The zero-order valence-electron chi connectivity index (χ0n) is 15.9. The van der Waals surface area contributed by atoms with Gasteiger partial charge in [-0.05, 0) is 54.8 Å². The summed E-state index contributed by atoms with van der Waals surface area (Å²) in [6.07, 6.45) is 1.97. The monoisotopic (exact) mass is 430 g/mol. The predicted molar refractivity (Wildman–Crippen MR) is 109 cm³/mol. The van der Waals surface area contributed by atoms with E-state index in [4.69, 9.17) is 16.1 Å². The van der Waals surface area contributed by atoms with E-state index in [9.17, 15) is 14.3 Å². The first-order valence-electron chi connectivity index (χ1n) is 9.50. The lowest BCUT2D eigenvalue weighted by atomic mass is 10.1. The SMILES string of the molecule is O=C(Nc1ccc(F)cc1)NC(Cc1ccc(Cl)cc1)c1noc(C2(CO)CC2)n1. The van der Waals surface area contributed by atoms with Crippen molar-refractivity contribution in [3.63, 3.8) is 0 Å². The van der Waals surface area contributed by atoms with Gasteiger partial charge < -0.3 is 20.3 Å². The van der Waals surface area contributed by atoms with E-state index < -0.39 is 23.3 Å². The number of aliphatic hydroxyl groups is 1. The van der Waals surface area contributed by atoms with Crippen molar-refractivity contribution < 1.29 is 18.8 Å². The molecule has 30 heavy (non-hydrogen) atoms. The number of aromatic nitrogens is 2. The molecule has 3 aromatic rings. The van der Waals surface area contributed by atoms with Gasteiger partial charge in [0.05, 0.1) is 18.1 Å². The molecule has 2 aromatic carbocycles. The molecule has 1 atom stereocenters. The van der Waals surface area contributed by atoms with Crippen LogP contribution in [0.3, 0.4) is 0 Å². The Hall–Kier alpha value is -2.97. The van der Waals surface area contributed by atoms with Gasteiger partial charge in [-0.15, -0.1) is 0 Å². The number of urea groups is 1. The van der Waals surface area contributed by atoms with Gasteiger partial charge in [0.15, 0.2) is 5.82 Å².